The first-order valence-electron chi connectivity index (χ1n) is 11.1. The largest absolute Gasteiger partial charge is 0.323 e. The summed E-state index contributed by atoms with van der Waals surface area (Å²) in [5.41, 5.74) is 1.06. The number of halogens is 2. The van der Waals surface area contributed by atoms with E-state index in [2.05, 4.69) is 20.5 Å². The van der Waals surface area contributed by atoms with Crippen molar-refractivity contribution >= 4 is 23.2 Å². The van der Waals surface area contributed by atoms with Gasteiger partial charge < -0.3 is 5.32 Å². The van der Waals surface area contributed by atoms with Gasteiger partial charge in [0.1, 0.15) is 12.1 Å². The Morgan fingerprint density at radius 1 is 1.19 bits per heavy atom. The quantitative estimate of drug-likeness (QED) is 0.625. The minimum Gasteiger partial charge on any atom is -0.323 e. The Hall–Kier alpha value is -2.74. The van der Waals surface area contributed by atoms with Gasteiger partial charge in [0.15, 0.2) is 0 Å². The number of hydrogen-bond donors (Lipinski definition) is 1. The molecule has 2 aromatic heterocycles. The molecule has 2 unspecified atom stereocenters. The van der Waals surface area contributed by atoms with E-state index in [1.54, 1.807) is 29.3 Å². The Balaban J connectivity index is 1.21. The van der Waals surface area contributed by atoms with Gasteiger partial charge in [-0.25, -0.2) is 14.1 Å². The number of rotatable bonds is 5. The standard InChI is InChI=1S/C23H24ClFN6O/c24-21-26-14-31(29-21)23-8-16-5-17(9-23)7-22(6-16,13-23)20(32)28-19-10-27-30(12-19)11-15-1-3-18(25)4-2-15/h1-4,10,12,14,16-17H,5-9,11,13H2,(H,28,32). The highest BCUT2D eigenvalue weighted by Crippen LogP contribution is 2.64. The van der Waals surface area contributed by atoms with Gasteiger partial charge in [0.05, 0.1) is 29.4 Å². The lowest BCUT2D eigenvalue weighted by Crippen LogP contribution is -2.60. The average molecular weight is 455 g/mol. The maximum Gasteiger partial charge on any atom is 0.242 e. The fourth-order valence-corrected chi connectivity index (χ4v) is 6.90. The Kier molecular flexibility index (Phi) is 4.44. The van der Waals surface area contributed by atoms with Crippen LogP contribution in [0.25, 0.3) is 0 Å². The van der Waals surface area contributed by atoms with Crippen LogP contribution in [-0.2, 0) is 16.9 Å². The lowest BCUT2D eigenvalue weighted by atomic mass is 9.46. The minimum atomic E-state index is -0.401. The second-order valence-corrected chi connectivity index (χ2v) is 10.3. The Morgan fingerprint density at radius 2 is 1.94 bits per heavy atom. The lowest BCUT2D eigenvalue weighted by molar-refractivity contribution is -0.150. The highest BCUT2D eigenvalue weighted by Gasteiger charge is 2.61. The van der Waals surface area contributed by atoms with Crippen molar-refractivity contribution in [3.8, 4) is 0 Å². The SMILES string of the molecule is O=C(Nc1cnn(Cc2ccc(F)cc2)c1)C12CC3CC(C1)CC(n1cnc(Cl)n1)(C3)C2. The third-order valence-electron chi connectivity index (χ3n) is 7.61. The summed E-state index contributed by atoms with van der Waals surface area (Å²) in [4.78, 5) is 17.7. The first kappa shape index (κ1) is 19.9. The minimum absolute atomic E-state index is 0.0727. The number of amides is 1. The summed E-state index contributed by atoms with van der Waals surface area (Å²) in [6.07, 6.45) is 11.1. The van der Waals surface area contributed by atoms with Gasteiger partial charge in [-0.1, -0.05) is 12.1 Å². The molecule has 4 bridgehead atoms. The van der Waals surface area contributed by atoms with Gasteiger partial charge in [-0.05, 0) is 79.7 Å². The number of benzene rings is 1. The lowest BCUT2D eigenvalue weighted by Gasteiger charge is -2.60. The summed E-state index contributed by atoms with van der Waals surface area (Å²) in [7, 11) is 0. The van der Waals surface area contributed by atoms with E-state index in [-0.39, 0.29) is 22.5 Å². The smallest absolute Gasteiger partial charge is 0.242 e. The molecule has 4 aliphatic carbocycles. The topological polar surface area (TPSA) is 77.6 Å². The van der Waals surface area contributed by atoms with Crippen molar-refractivity contribution in [3.05, 3.63) is 59.7 Å². The van der Waals surface area contributed by atoms with E-state index in [9.17, 15) is 9.18 Å². The molecule has 1 amide bonds. The molecule has 166 valence electrons. The first-order chi connectivity index (χ1) is 15.4. The predicted octanol–water partition coefficient (Wildman–Crippen LogP) is 4.25. The van der Waals surface area contributed by atoms with E-state index in [0.717, 1.165) is 37.7 Å². The molecule has 9 heteroatoms. The van der Waals surface area contributed by atoms with Crippen LogP contribution in [0.4, 0.5) is 10.1 Å². The average Bonchev–Trinajstić information content (AvgIpc) is 3.38. The van der Waals surface area contributed by atoms with Gasteiger partial charge in [-0.2, -0.15) is 5.10 Å². The van der Waals surface area contributed by atoms with E-state index in [1.165, 1.54) is 18.6 Å². The number of carbonyl (C=O) groups is 1. The fourth-order valence-electron chi connectivity index (χ4n) is 6.77. The van der Waals surface area contributed by atoms with Crippen molar-refractivity contribution in [2.24, 2.45) is 17.3 Å². The molecule has 1 aromatic carbocycles. The molecule has 2 atom stereocenters. The van der Waals surface area contributed by atoms with Crippen molar-refractivity contribution in [1.29, 1.82) is 0 Å². The van der Waals surface area contributed by atoms with Crippen molar-refractivity contribution in [1.82, 2.24) is 24.5 Å². The van der Waals surface area contributed by atoms with E-state index >= 15 is 0 Å². The monoisotopic (exact) mass is 454 g/mol. The van der Waals surface area contributed by atoms with Crippen LogP contribution < -0.4 is 5.32 Å². The molecule has 3 aromatic rings. The molecule has 0 radical (unpaired) electrons. The van der Waals surface area contributed by atoms with Crippen LogP contribution in [0.2, 0.25) is 5.28 Å². The summed E-state index contributed by atoms with van der Waals surface area (Å²) in [6, 6.07) is 6.35. The molecule has 7 rings (SSSR count). The molecule has 4 saturated carbocycles. The molecular formula is C23H24ClFN6O. The van der Waals surface area contributed by atoms with Crippen LogP contribution in [-0.4, -0.2) is 30.5 Å². The van der Waals surface area contributed by atoms with Crippen LogP contribution >= 0.6 is 11.6 Å². The molecular weight excluding hydrogens is 431 g/mol. The van der Waals surface area contributed by atoms with Crippen LogP contribution in [0.5, 0.6) is 0 Å². The van der Waals surface area contributed by atoms with Crippen molar-refractivity contribution < 1.29 is 9.18 Å². The number of nitrogens with one attached hydrogen (secondary N) is 1. The highest BCUT2D eigenvalue weighted by atomic mass is 35.5. The van der Waals surface area contributed by atoms with Crippen LogP contribution in [0, 0.1) is 23.1 Å². The van der Waals surface area contributed by atoms with Crippen LogP contribution in [0.1, 0.15) is 44.1 Å². The maximum absolute atomic E-state index is 13.6. The Morgan fingerprint density at radius 3 is 2.62 bits per heavy atom. The molecule has 2 heterocycles. The van der Waals surface area contributed by atoms with E-state index in [1.807, 2.05) is 10.9 Å². The van der Waals surface area contributed by atoms with Crippen LogP contribution in [0.3, 0.4) is 0 Å². The van der Waals surface area contributed by atoms with Crippen molar-refractivity contribution in [2.45, 2.75) is 50.6 Å². The van der Waals surface area contributed by atoms with Gasteiger partial charge in [-0.3, -0.25) is 9.48 Å². The Bertz CT molecular complexity index is 1160. The maximum atomic E-state index is 13.6. The summed E-state index contributed by atoms with van der Waals surface area (Å²) in [6.45, 7) is 0.515. The Labute approximate surface area is 190 Å². The molecule has 4 fully saturated rings. The summed E-state index contributed by atoms with van der Waals surface area (Å²) in [5.74, 6) is 0.851. The fraction of sp³-hybridized carbons (Fsp3) is 0.478. The van der Waals surface area contributed by atoms with Gasteiger partial charge >= 0.3 is 0 Å². The predicted molar refractivity (Wildman–Crippen MR) is 116 cm³/mol. The zero-order chi connectivity index (χ0) is 21.9. The highest BCUT2D eigenvalue weighted by molar-refractivity contribution is 6.28. The number of anilines is 1. The van der Waals surface area contributed by atoms with Gasteiger partial charge in [0, 0.05) is 6.20 Å². The number of carbonyl (C=O) groups excluding carboxylic acids is 1. The van der Waals surface area contributed by atoms with E-state index < -0.39 is 5.41 Å². The molecule has 7 nitrogen and oxygen atoms in total. The molecule has 1 N–H and O–H groups in total. The summed E-state index contributed by atoms with van der Waals surface area (Å²) >= 11 is 6.02. The number of hydrogen-bond acceptors (Lipinski definition) is 4. The van der Waals surface area contributed by atoms with Gasteiger partial charge in [0.2, 0.25) is 11.2 Å². The number of nitrogens with zero attached hydrogens (tertiary/aromatic N) is 5. The molecule has 4 aliphatic rings. The third kappa shape index (κ3) is 3.32. The van der Waals surface area contributed by atoms with E-state index in [4.69, 9.17) is 11.6 Å². The summed E-state index contributed by atoms with van der Waals surface area (Å²) < 4.78 is 16.8. The molecule has 0 saturated heterocycles. The van der Waals surface area contributed by atoms with E-state index in [0.29, 0.717) is 24.1 Å². The zero-order valence-corrected chi connectivity index (χ0v) is 18.3. The zero-order valence-electron chi connectivity index (χ0n) is 17.5. The summed E-state index contributed by atoms with van der Waals surface area (Å²) in [5, 5.41) is 12.2. The van der Waals surface area contributed by atoms with Crippen molar-refractivity contribution in [2.75, 3.05) is 5.32 Å². The number of aromatic nitrogens is 5. The molecule has 0 spiro atoms. The van der Waals surface area contributed by atoms with Crippen molar-refractivity contribution in [3.63, 3.8) is 0 Å². The van der Waals surface area contributed by atoms with Gasteiger partial charge in [-0.15, -0.1) is 5.10 Å². The first-order valence-corrected chi connectivity index (χ1v) is 11.5. The van der Waals surface area contributed by atoms with Gasteiger partial charge in [0.25, 0.3) is 0 Å². The third-order valence-corrected chi connectivity index (χ3v) is 7.78. The molecule has 32 heavy (non-hydrogen) atoms. The normalized spacial score (nSPS) is 30.6. The second kappa shape index (κ2) is 7.13. The van der Waals surface area contributed by atoms with Crippen LogP contribution in [0.15, 0.2) is 43.0 Å². The molecule has 0 aliphatic heterocycles. The second-order valence-electron chi connectivity index (χ2n) is 9.93.